The van der Waals surface area contributed by atoms with Crippen LogP contribution in [-0.2, 0) is 4.79 Å². The minimum absolute atomic E-state index is 0.115. The molecule has 0 saturated carbocycles. The highest BCUT2D eigenvalue weighted by Crippen LogP contribution is 2.38. The zero-order chi connectivity index (χ0) is 27.0. The summed E-state index contributed by atoms with van der Waals surface area (Å²) in [6.45, 7) is 11.3. The second-order valence-corrected chi connectivity index (χ2v) is 9.56. The average Bonchev–Trinajstić information content (AvgIpc) is 3.55. The average molecular weight is 512 g/mol. The molecule has 0 unspecified atom stereocenters. The lowest BCUT2D eigenvalue weighted by molar-refractivity contribution is -0.110. The first-order chi connectivity index (χ1) is 18.3. The van der Waals surface area contributed by atoms with Crippen molar-refractivity contribution >= 4 is 45.7 Å². The van der Waals surface area contributed by atoms with Crippen molar-refractivity contribution in [2.75, 3.05) is 37.2 Å². The summed E-state index contributed by atoms with van der Waals surface area (Å²) in [6, 6.07) is 11.5. The number of nitrogens with two attached hydrogens (primary N) is 1. The number of benzene rings is 2. The number of rotatable bonds is 8. The molecule has 9 nitrogen and oxygen atoms in total. The quantitative estimate of drug-likeness (QED) is 0.178. The Morgan fingerprint density at radius 3 is 2.71 bits per heavy atom. The molecule has 5 rings (SSSR count). The molecule has 0 radical (unpaired) electrons. The molecule has 0 saturated heterocycles. The summed E-state index contributed by atoms with van der Waals surface area (Å²) in [5, 5.41) is 14.4. The predicted octanol–water partition coefficient (Wildman–Crippen LogP) is 4.32. The molecule has 0 spiro atoms. The van der Waals surface area contributed by atoms with E-state index in [4.69, 9.17) is 5.73 Å². The molecule has 0 atom stereocenters. The number of aromatic amines is 2. The maximum Gasteiger partial charge on any atom is 0.256 e. The number of amides is 2. The molecular weight excluding hydrogens is 478 g/mol. The number of H-pyrrole nitrogens is 2. The third kappa shape index (κ3) is 4.45. The van der Waals surface area contributed by atoms with Crippen LogP contribution in [0, 0.1) is 13.8 Å². The second-order valence-electron chi connectivity index (χ2n) is 9.56. The smallest absolute Gasteiger partial charge is 0.256 e. The van der Waals surface area contributed by atoms with Crippen molar-refractivity contribution in [1.29, 1.82) is 0 Å². The van der Waals surface area contributed by atoms with E-state index in [9.17, 15) is 9.59 Å². The SMILES string of the molecule is CCN(CC)CCNC(=O)c1c(C)[nH]c(/C=C2\C(=O)Nc3ccc(-c4n[nH]c5c(N)cccc45)cc32)c1C. The van der Waals surface area contributed by atoms with Gasteiger partial charge in [-0.1, -0.05) is 32.0 Å². The summed E-state index contributed by atoms with van der Waals surface area (Å²) in [5.41, 5.74) is 14.1. The Balaban J connectivity index is 1.45. The monoisotopic (exact) mass is 511 g/mol. The van der Waals surface area contributed by atoms with Gasteiger partial charge in [-0.25, -0.2) is 0 Å². The molecule has 196 valence electrons. The van der Waals surface area contributed by atoms with Gasteiger partial charge < -0.3 is 26.3 Å². The lowest BCUT2D eigenvalue weighted by atomic mass is 9.99. The van der Waals surface area contributed by atoms with E-state index in [1.807, 2.05) is 56.3 Å². The lowest BCUT2D eigenvalue weighted by Gasteiger charge is -2.18. The van der Waals surface area contributed by atoms with E-state index in [1.165, 1.54) is 0 Å². The zero-order valence-electron chi connectivity index (χ0n) is 22.2. The number of nitrogen functional groups attached to an aromatic ring is 1. The van der Waals surface area contributed by atoms with Crippen LogP contribution in [-0.4, -0.2) is 58.1 Å². The molecule has 0 aliphatic carbocycles. The van der Waals surface area contributed by atoms with Gasteiger partial charge in [-0.15, -0.1) is 0 Å². The van der Waals surface area contributed by atoms with Crippen LogP contribution in [0.1, 0.15) is 46.7 Å². The number of para-hydroxylation sites is 1. The number of aromatic nitrogens is 3. The highest BCUT2D eigenvalue weighted by molar-refractivity contribution is 6.35. The number of hydrogen-bond donors (Lipinski definition) is 5. The molecule has 0 fully saturated rings. The van der Waals surface area contributed by atoms with E-state index < -0.39 is 0 Å². The van der Waals surface area contributed by atoms with Crippen LogP contribution < -0.4 is 16.4 Å². The number of likely N-dealkylation sites (N-methyl/N-ethyl adjacent to an activating group) is 1. The minimum atomic E-state index is -0.190. The summed E-state index contributed by atoms with van der Waals surface area (Å²) in [7, 11) is 0. The summed E-state index contributed by atoms with van der Waals surface area (Å²) in [4.78, 5) is 31.5. The fourth-order valence-electron chi connectivity index (χ4n) is 5.12. The Hall–Kier alpha value is -4.37. The van der Waals surface area contributed by atoms with Gasteiger partial charge in [0.15, 0.2) is 0 Å². The van der Waals surface area contributed by atoms with Crippen LogP contribution >= 0.6 is 0 Å². The molecule has 2 amide bonds. The summed E-state index contributed by atoms with van der Waals surface area (Å²) >= 11 is 0. The summed E-state index contributed by atoms with van der Waals surface area (Å²) < 4.78 is 0. The van der Waals surface area contributed by atoms with Gasteiger partial charge in [0.2, 0.25) is 0 Å². The standard InChI is InChI=1S/C29H33N7O2/c1-5-36(6-2)13-12-31-29(38)25-16(3)24(32-17(25)4)15-21-20-14-18(10-11-23(20)33-28(21)37)26-19-8-7-9-22(30)27(19)35-34-26/h7-11,14-15,32H,5-6,12-13,30H2,1-4H3,(H,31,38)(H,33,37)(H,34,35)/b21-15-. The van der Waals surface area contributed by atoms with Crippen LogP contribution in [0.5, 0.6) is 0 Å². The Bertz CT molecular complexity index is 1570. The fourth-order valence-corrected chi connectivity index (χ4v) is 5.12. The van der Waals surface area contributed by atoms with Crippen molar-refractivity contribution in [1.82, 2.24) is 25.4 Å². The fraction of sp³-hybridized carbons (Fsp3) is 0.276. The summed E-state index contributed by atoms with van der Waals surface area (Å²) in [5.74, 6) is -0.304. The maximum atomic E-state index is 13.0. The number of hydrogen-bond acceptors (Lipinski definition) is 5. The number of carbonyl (C=O) groups excluding carboxylic acids is 2. The van der Waals surface area contributed by atoms with E-state index >= 15 is 0 Å². The van der Waals surface area contributed by atoms with Crippen LogP contribution in [0.4, 0.5) is 11.4 Å². The van der Waals surface area contributed by atoms with E-state index in [2.05, 4.69) is 44.6 Å². The van der Waals surface area contributed by atoms with Crippen molar-refractivity contribution in [3.8, 4) is 11.3 Å². The number of carbonyl (C=O) groups is 2. The number of anilines is 2. The van der Waals surface area contributed by atoms with Gasteiger partial charge in [-0.2, -0.15) is 5.10 Å². The lowest BCUT2D eigenvalue weighted by Crippen LogP contribution is -2.35. The van der Waals surface area contributed by atoms with Gasteiger partial charge in [0.25, 0.3) is 11.8 Å². The topological polar surface area (TPSA) is 132 Å². The van der Waals surface area contributed by atoms with Gasteiger partial charge in [0, 0.05) is 46.7 Å². The first kappa shape index (κ1) is 25.3. The number of nitrogens with one attached hydrogen (secondary N) is 4. The third-order valence-corrected chi connectivity index (χ3v) is 7.31. The van der Waals surface area contributed by atoms with Crippen LogP contribution in [0.3, 0.4) is 0 Å². The van der Waals surface area contributed by atoms with Gasteiger partial charge in [0.1, 0.15) is 0 Å². The Labute approximate surface area is 221 Å². The van der Waals surface area contributed by atoms with E-state index in [1.54, 1.807) is 0 Å². The zero-order valence-corrected chi connectivity index (χ0v) is 22.2. The van der Waals surface area contributed by atoms with E-state index in [-0.39, 0.29) is 11.8 Å². The summed E-state index contributed by atoms with van der Waals surface area (Å²) in [6.07, 6.45) is 1.82. The Morgan fingerprint density at radius 1 is 1.16 bits per heavy atom. The Kier molecular flexibility index (Phi) is 6.77. The van der Waals surface area contributed by atoms with Gasteiger partial charge in [0.05, 0.1) is 28.0 Å². The minimum Gasteiger partial charge on any atom is -0.397 e. The predicted molar refractivity (Wildman–Crippen MR) is 153 cm³/mol. The first-order valence-corrected chi connectivity index (χ1v) is 12.9. The van der Waals surface area contributed by atoms with Gasteiger partial charge in [-0.05, 0) is 56.8 Å². The van der Waals surface area contributed by atoms with Crippen molar-refractivity contribution in [3.63, 3.8) is 0 Å². The molecule has 6 N–H and O–H groups in total. The first-order valence-electron chi connectivity index (χ1n) is 12.9. The van der Waals surface area contributed by atoms with E-state index in [0.29, 0.717) is 23.4 Å². The Morgan fingerprint density at radius 2 is 1.95 bits per heavy atom. The molecule has 1 aliphatic heterocycles. The van der Waals surface area contributed by atoms with Crippen molar-refractivity contribution in [3.05, 3.63) is 64.5 Å². The van der Waals surface area contributed by atoms with Crippen LogP contribution in [0.2, 0.25) is 0 Å². The largest absolute Gasteiger partial charge is 0.397 e. The molecule has 2 aromatic heterocycles. The van der Waals surface area contributed by atoms with Gasteiger partial charge in [-0.3, -0.25) is 14.7 Å². The normalized spacial score (nSPS) is 13.9. The van der Waals surface area contributed by atoms with Crippen LogP contribution in [0.25, 0.3) is 33.8 Å². The van der Waals surface area contributed by atoms with Crippen molar-refractivity contribution in [2.24, 2.45) is 0 Å². The number of aryl methyl sites for hydroxylation is 1. The van der Waals surface area contributed by atoms with E-state index in [0.717, 1.165) is 70.0 Å². The van der Waals surface area contributed by atoms with Crippen LogP contribution in [0.15, 0.2) is 36.4 Å². The highest BCUT2D eigenvalue weighted by Gasteiger charge is 2.27. The highest BCUT2D eigenvalue weighted by atomic mass is 16.2. The molecule has 1 aliphatic rings. The molecule has 3 heterocycles. The van der Waals surface area contributed by atoms with Crippen molar-refractivity contribution < 1.29 is 9.59 Å². The molecule has 9 heteroatoms. The number of fused-ring (bicyclic) bond motifs is 2. The molecule has 0 bridgehead atoms. The molecule has 38 heavy (non-hydrogen) atoms. The molecular formula is C29H33N7O2. The van der Waals surface area contributed by atoms with Gasteiger partial charge >= 0.3 is 0 Å². The molecule has 2 aromatic carbocycles. The maximum absolute atomic E-state index is 13.0. The number of nitrogens with zero attached hydrogens (tertiary/aromatic N) is 2. The second kappa shape index (κ2) is 10.2. The van der Waals surface area contributed by atoms with Crippen molar-refractivity contribution in [2.45, 2.75) is 27.7 Å². The third-order valence-electron chi connectivity index (χ3n) is 7.31. The molecule has 4 aromatic rings.